The van der Waals surface area contributed by atoms with Crippen LogP contribution in [-0.4, -0.2) is 26.3 Å². The van der Waals surface area contributed by atoms with Gasteiger partial charge >= 0.3 is 150 Å². The zero-order valence-electron chi connectivity index (χ0n) is 14.9. The van der Waals surface area contributed by atoms with Gasteiger partial charge in [0, 0.05) is 0 Å². The molecule has 0 nitrogen and oxygen atoms in total. The molecule has 0 saturated heterocycles. The van der Waals surface area contributed by atoms with E-state index < -0.39 is 0 Å². The van der Waals surface area contributed by atoms with Crippen molar-refractivity contribution in [3.05, 3.63) is 24.3 Å². The molecule has 126 valence electrons. The van der Waals surface area contributed by atoms with Crippen LogP contribution in [0.25, 0.3) is 0 Å². The molecule has 0 heterocycles. The molecule has 0 N–H and O–H groups in total. The predicted octanol–water partition coefficient (Wildman–Crippen LogP) is 5.91. The molecule has 0 aromatic heterocycles. The summed E-state index contributed by atoms with van der Waals surface area (Å²) in [4.78, 5) is 2.06. The van der Waals surface area contributed by atoms with Crippen molar-refractivity contribution < 1.29 is 0 Å². The van der Waals surface area contributed by atoms with Gasteiger partial charge in [0.1, 0.15) is 0 Å². The van der Waals surface area contributed by atoms with Crippen LogP contribution in [0.4, 0.5) is 0 Å². The second-order valence-corrected chi connectivity index (χ2v) is 15.5. The van der Waals surface area contributed by atoms with Crippen molar-refractivity contribution >= 4 is 26.3 Å². The zero-order valence-corrected chi connectivity index (χ0v) is 18.4. The summed E-state index contributed by atoms with van der Waals surface area (Å²) in [6, 6.07) is 0. The van der Waals surface area contributed by atoms with E-state index in [-0.39, 0.29) is 0 Å². The molecule has 22 heavy (non-hydrogen) atoms. The van der Waals surface area contributed by atoms with E-state index in [1.165, 1.54) is 49.7 Å². The molecule has 2 aliphatic rings. The van der Waals surface area contributed by atoms with Gasteiger partial charge in [-0.15, -0.1) is 0 Å². The molecular formula is C20H34Se2. The van der Waals surface area contributed by atoms with E-state index >= 15 is 0 Å². The maximum absolute atomic E-state index is 4.23. The molecule has 2 aliphatic carbocycles. The van der Waals surface area contributed by atoms with Crippen LogP contribution in [0.5, 0.6) is 0 Å². The second-order valence-electron chi connectivity index (χ2n) is 7.94. The summed E-state index contributed by atoms with van der Waals surface area (Å²) in [6.07, 6.45) is 8.57. The molecule has 0 aliphatic heterocycles. The van der Waals surface area contributed by atoms with E-state index in [1.54, 1.807) is 0 Å². The van der Waals surface area contributed by atoms with Crippen LogP contribution in [0.15, 0.2) is 24.3 Å². The molecule has 2 heteroatoms. The van der Waals surface area contributed by atoms with Crippen LogP contribution < -0.4 is 0 Å². The van der Waals surface area contributed by atoms with Crippen molar-refractivity contribution in [2.75, 3.05) is 0 Å². The molecular weight excluding hydrogens is 398 g/mol. The molecule has 0 aromatic rings. The Bertz CT molecular complexity index is 363. The van der Waals surface area contributed by atoms with Gasteiger partial charge in [-0.2, -0.15) is 0 Å². The van der Waals surface area contributed by atoms with Crippen LogP contribution in [0.3, 0.4) is 0 Å². The van der Waals surface area contributed by atoms with Gasteiger partial charge in [0.05, 0.1) is 0 Å². The van der Waals surface area contributed by atoms with E-state index in [2.05, 4.69) is 40.9 Å². The number of rotatable bonds is 5. The molecule has 0 spiro atoms. The quantitative estimate of drug-likeness (QED) is 0.374. The summed E-state index contributed by atoms with van der Waals surface area (Å²) in [6.45, 7) is 18.0. The van der Waals surface area contributed by atoms with Gasteiger partial charge in [0.15, 0.2) is 0 Å². The minimum absolute atomic E-state index is 0.825. The average Bonchev–Trinajstić information content (AvgIpc) is 2.47. The third-order valence-corrected chi connectivity index (χ3v) is 16.6. The summed E-state index contributed by atoms with van der Waals surface area (Å²) in [7, 11) is 0. The topological polar surface area (TPSA) is 0 Å². The summed E-state index contributed by atoms with van der Waals surface area (Å²) < 4.78 is 0. The summed E-state index contributed by atoms with van der Waals surface area (Å²) in [5.41, 5.74) is 2.88. The van der Waals surface area contributed by atoms with E-state index in [1.807, 2.05) is 0 Å². The monoisotopic (exact) mass is 434 g/mol. The van der Waals surface area contributed by atoms with Crippen molar-refractivity contribution in [2.24, 2.45) is 23.7 Å². The Hall–Kier alpha value is 0.519. The van der Waals surface area contributed by atoms with Gasteiger partial charge < -0.3 is 0 Å². The molecule has 2 saturated carbocycles. The molecule has 0 amide bonds. The van der Waals surface area contributed by atoms with Gasteiger partial charge in [-0.3, -0.25) is 0 Å². The van der Waals surface area contributed by atoms with Gasteiger partial charge in [0.25, 0.3) is 0 Å². The molecule has 6 atom stereocenters. The molecule has 0 radical (unpaired) electrons. The van der Waals surface area contributed by atoms with E-state index in [0.29, 0.717) is 0 Å². The first-order valence-electron chi connectivity index (χ1n) is 9.01. The molecule has 2 fully saturated rings. The first-order valence-corrected chi connectivity index (χ1v) is 15.3. The van der Waals surface area contributed by atoms with Gasteiger partial charge in [-0.1, -0.05) is 0 Å². The summed E-state index contributed by atoms with van der Waals surface area (Å²) in [5.74, 6) is 3.58. The van der Waals surface area contributed by atoms with Crippen molar-refractivity contribution in [3.8, 4) is 0 Å². The van der Waals surface area contributed by atoms with Crippen molar-refractivity contribution in [2.45, 2.75) is 75.9 Å². The van der Waals surface area contributed by atoms with Crippen molar-refractivity contribution in [3.63, 3.8) is 0 Å². The Morgan fingerprint density at radius 2 is 1.09 bits per heavy atom. The minimum atomic E-state index is 0.825. The fourth-order valence-corrected chi connectivity index (χ4v) is 16.1. The predicted molar refractivity (Wildman–Crippen MR) is 102 cm³/mol. The summed E-state index contributed by atoms with van der Waals surface area (Å²) >= 11 is 1.77. The first kappa shape index (κ1) is 18.9. The van der Waals surface area contributed by atoms with E-state index in [0.717, 1.165) is 59.6 Å². The fourth-order valence-electron chi connectivity index (χ4n) is 3.87. The van der Waals surface area contributed by atoms with Crippen LogP contribution in [0, 0.1) is 23.7 Å². The number of hydrogen-bond acceptors (Lipinski definition) is 0. The van der Waals surface area contributed by atoms with Gasteiger partial charge in [-0.25, -0.2) is 0 Å². The fraction of sp³-hybridized carbons (Fsp3) is 0.800. The van der Waals surface area contributed by atoms with Gasteiger partial charge in [0.2, 0.25) is 0 Å². The third kappa shape index (κ3) is 5.01. The molecule has 0 aromatic carbocycles. The van der Waals surface area contributed by atoms with E-state index in [4.69, 9.17) is 0 Å². The molecule has 0 unspecified atom stereocenters. The average molecular weight is 432 g/mol. The third-order valence-electron chi connectivity index (χ3n) is 5.94. The van der Waals surface area contributed by atoms with Crippen LogP contribution >= 0.6 is 0 Å². The Morgan fingerprint density at radius 1 is 0.727 bits per heavy atom. The normalized spacial score (nSPS) is 39.5. The van der Waals surface area contributed by atoms with Crippen LogP contribution in [-0.2, 0) is 0 Å². The maximum atomic E-state index is 4.23. The van der Waals surface area contributed by atoms with Crippen molar-refractivity contribution in [1.29, 1.82) is 0 Å². The number of allylic oxidation sites excluding steroid dienone is 2. The Kier molecular flexibility index (Phi) is 7.34. The van der Waals surface area contributed by atoms with Gasteiger partial charge in [-0.05, 0) is 0 Å². The Balaban J connectivity index is 1.87. The van der Waals surface area contributed by atoms with E-state index in [9.17, 15) is 0 Å². The Morgan fingerprint density at radius 3 is 1.41 bits per heavy atom. The summed E-state index contributed by atoms with van der Waals surface area (Å²) in [5, 5.41) is 0. The standard InChI is InChI=1S/C20H34Se2/c1-13(2)17-9-7-15(5)19(11-17)21-22-20-12-18(14(3)4)10-8-16(20)6/h15-20H,1,3,7-12H2,2,4-6H3/t15-,16-,17+,18+,19+,20+/m1/s1. The SMILES string of the molecule is C=C(C)[C@H]1CC[C@@H](C)[C@@H]([Se][Se][C@H]2C[C@@H](C(=C)C)CC[C@H]2C)C1. The van der Waals surface area contributed by atoms with Crippen LogP contribution in [0.1, 0.15) is 66.2 Å². The zero-order chi connectivity index (χ0) is 16.3. The first-order chi connectivity index (χ1) is 10.4. The van der Waals surface area contributed by atoms with Crippen LogP contribution in [0.2, 0.25) is 9.63 Å². The Labute approximate surface area is 149 Å². The van der Waals surface area contributed by atoms with Crippen molar-refractivity contribution in [1.82, 2.24) is 0 Å². The second kappa shape index (κ2) is 8.57. The number of hydrogen-bond donors (Lipinski definition) is 0. The molecule has 2 rings (SSSR count). The molecule has 0 bridgehead atoms.